The van der Waals surface area contributed by atoms with Gasteiger partial charge in [0, 0.05) is 18.1 Å². The van der Waals surface area contributed by atoms with Crippen LogP contribution in [0, 0.1) is 0 Å². The number of hydrogen-bond donors (Lipinski definition) is 1. The van der Waals surface area contributed by atoms with Crippen LogP contribution < -0.4 is 10.8 Å². The average Bonchev–Trinajstić information content (AvgIpc) is 3.02. The quantitative estimate of drug-likeness (QED) is 0.693. The summed E-state index contributed by atoms with van der Waals surface area (Å²) in [6, 6.07) is 4.34. The molecule has 1 aliphatic heterocycles. The molecule has 0 spiro atoms. The second kappa shape index (κ2) is 7.69. The third-order valence-corrected chi connectivity index (χ3v) is 5.89. The lowest BCUT2D eigenvalue weighted by Gasteiger charge is -2.32. The van der Waals surface area contributed by atoms with Crippen LogP contribution in [0.25, 0.3) is 10.9 Å². The number of aryl methyl sites for hydroxylation is 1. The first-order chi connectivity index (χ1) is 14.4. The van der Waals surface area contributed by atoms with E-state index in [1.54, 1.807) is 32.9 Å². The second-order valence-corrected chi connectivity index (χ2v) is 10.1. The van der Waals surface area contributed by atoms with Crippen molar-refractivity contribution in [2.24, 2.45) is 7.05 Å². The van der Waals surface area contributed by atoms with Crippen LogP contribution in [0.3, 0.4) is 0 Å². The van der Waals surface area contributed by atoms with Crippen molar-refractivity contribution in [3.63, 3.8) is 0 Å². The van der Waals surface area contributed by atoms with Gasteiger partial charge in [-0.15, -0.1) is 0 Å². The van der Waals surface area contributed by atoms with Gasteiger partial charge in [0.05, 0.1) is 28.8 Å². The van der Waals surface area contributed by atoms with Crippen LogP contribution in [0.5, 0.6) is 0 Å². The lowest BCUT2D eigenvalue weighted by atomic mass is 9.77. The fraction of sp³-hybridized carbons (Fsp3) is 0.591. The summed E-state index contributed by atoms with van der Waals surface area (Å²) in [5.41, 5.74) is -1.99. The highest BCUT2D eigenvalue weighted by molar-refractivity contribution is 6.62. The first kappa shape index (κ1) is 24.4. The minimum absolute atomic E-state index is 0.0171. The number of alkyl carbamates (subject to hydrolysis) is 1. The molecule has 6 nitrogen and oxygen atoms in total. The third-order valence-electron chi connectivity index (χ3n) is 5.89. The number of fused-ring (bicyclic) bond motifs is 1. The smallest absolute Gasteiger partial charge is 0.444 e. The van der Waals surface area contributed by atoms with E-state index in [4.69, 9.17) is 14.0 Å². The van der Waals surface area contributed by atoms with Gasteiger partial charge >= 0.3 is 19.4 Å². The molecule has 2 aromatic rings. The molecule has 1 fully saturated rings. The van der Waals surface area contributed by atoms with Gasteiger partial charge in [-0.25, -0.2) is 4.79 Å². The van der Waals surface area contributed by atoms with Gasteiger partial charge in [0.2, 0.25) is 0 Å². The molecule has 3 rings (SSSR count). The number of carbonyl (C=O) groups excluding carboxylic acids is 1. The summed E-state index contributed by atoms with van der Waals surface area (Å²) in [6.45, 7) is 12.6. The molecular weight excluding hydrogens is 424 g/mol. The Morgan fingerprint density at radius 2 is 1.66 bits per heavy atom. The van der Waals surface area contributed by atoms with Gasteiger partial charge in [0.25, 0.3) is 0 Å². The monoisotopic (exact) mass is 454 g/mol. The van der Waals surface area contributed by atoms with E-state index in [-0.39, 0.29) is 12.1 Å². The maximum absolute atomic E-state index is 14.0. The summed E-state index contributed by atoms with van der Waals surface area (Å²) in [5, 5.41) is 2.98. The minimum Gasteiger partial charge on any atom is -0.444 e. The van der Waals surface area contributed by atoms with E-state index >= 15 is 0 Å². The molecule has 176 valence electrons. The number of carbonyl (C=O) groups is 1. The van der Waals surface area contributed by atoms with E-state index in [2.05, 4.69) is 5.32 Å². The van der Waals surface area contributed by atoms with Gasteiger partial charge in [0.1, 0.15) is 5.60 Å². The molecule has 10 heteroatoms. The molecule has 0 aliphatic carbocycles. The average molecular weight is 454 g/mol. The van der Waals surface area contributed by atoms with Crippen LogP contribution >= 0.6 is 0 Å². The van der Waals surface area contributed by atoms with Gasteiger partial charge in [-0.05, 0) is 66.1 Å². The molecule has 1 aromatic carbocycles. The van der Waals surface area contributed by atoms with Gasteiger partial charge in [-0.3, -0.25) is 0 Å². The number of nitrogens with zero attached hydrogens (tertiary/aromatic N) is 1. The summed E-state index contributed by atoms with van der Waals surface area (Å²) in [7, 11) is 0.618. The molecule has 0 saturated carbocycles. The van der Waals surface area contributed by atoms with E-state index < -0.39 is 41.8 Å². The maximum atomic E-state index is 14.0. The minimum atomic E-state index is -4.58. The summed E-state index contributed by atoms with van der Waals surface area (Å²) >= 11 is 0. The summed E-state index contributed by atoms with van der Waals surface area (Å²) < 4.78 is 60.5. The van der Waals surface area contributed by atoms with Crippen molar-refractivity contribution in [3.8, 4) is 0 Å². The van der Waals surface area contributed by atoms with Gasteiger partial charge in [-0.1, -0.05) is 6.07 Å². The van der Waals surface area contributed by atoms with Crippen molar-refractivity contribution in [1.82, 2.24) is 9.88 Å². The highest BCUT2D eigenvalue weighted by atomic mass is 19.4. The predicted octanol–water partition coefficient (Wildman–Crippen LogP) is 4.52. The van der Waals surface area contributed by atoms with Crippen LogP contribution in [-0.4, -0.2) is 34.6 Å². The second-order valence-electron chi connectivity index (χ2n) is 10.1. The van der Waals surface area contributed by atoms with Crippen LogP contribution in [-0.2, 0) is 33.8 Å². The van der Waals surface area contributed by atoms with Crippen LogP contribution in [0.1, 0.15) is 59.7 Å². The molecule has 1 aromatic heterocycles. The van der Waals surface area contributed by atoms with E-state index in [1.165, 1.54) is 11.6 Å². The Kier molecular flexibility index (Phi) is 5.88. The van der Waals surface area contributed by atoms with E-state index in [1.807, 2.05) is 27.7 Å². The molecule has 32 heavy (non-hydrogen) atoms. The van der Waals surface area contributed by atoms with Crippen molar-refractivity contribution < 1.29 is 32.0 Å². The lowest BCUT2D eigenvalue weighted by molar-refractivity contribution is -0.136. The molecule has 0 unspecified atom stereocenters. The van der Waals surface area contributed by atoms with Crippen LogP contribution in [0.15, 0.2) is 18.2 Å². The molecule has 2 heterocycles. The number of amides is 1. The molecule has 1 N–H and O–H groups in total. The van der Waals surface area contributed by atoms with E-state index in [0.29, 0.717) is 16.5 Å². The highest BCUT2D eigenvalue weighted by Crippen LogP contribution is 2.39. The summed E-state index contributed by atoms with van der Waals surface area (Å²) in [5.74, 6) is 0. The number of benzene rings is 1. The number of hydrogen-bond acceptors (Lipinski definition) is 4. The fourth-order valence-electron chi connectivity index (χ4n) is 3.56. The number of halogens is 3. The van der Waals surface area contributed by atoms with Crippen molar-refractivity contribution >= 4 is 29.6 Å². The van der Waals surface area contributed by atoms with Crippen molar-refractivity contribution in [1.29, 1.82) is 0 Å². The number of alkyl halides is 3. The van der Waals surface area contributed by atoms with Gasteiger partial charge in [-0.2, -0.15) is 13.2 Å². The van der Waals surface area contributed by atoms with Gasteiger partial charge < -0.3 is 23.9 Å². The highest BCUT2D eigenvalue weighted by Gasteiger charge is 2.52. The largest absolute Gasteiger partial charge is 0.494 e. The maximum Gasteiger partial charge on any atom is 0.494 e. The molecular formula is C22H30BF3N2O4. The molecule has 0 atom stereocenters. The molecule has 1 saturated heterocycles. The first-order valence-electron chi connectivity index (χ1n) is 10.4. The zero-order valence-electron chi connectivity index (χ0n) is 19.7. The Morgan fingerprint density at radius 3 is 2.16 bits per heavy atom. The molecule has 0 bridgehead atoms. The number of rotatable bonds is 3. The Morgan fingerprint density at radius 1 is 1.09 bits per heavy atom. The summed E-state index contributed by atoms with van der Waals surface area (Å²) in [6.07, 6.45) is -5.23. The standard InChI is InChI=1S/C22H30BF3N2O4/c1-19(2,3)30-18(29)27-12-15-10-13-9-14(23-31-20(4,5)21(6,7)32-23)11-16(22(24,25)26)17(13)28(15)8/h9-11H,12H2,1-8H3,(H,27,29). The fourth-order valence-corrected chi connectivity index (χ4v) is 3.56. The Hall–Kier alpha value is -2.20. The van der Waals surface area contributed by atoms with Crippen molar-refractivity contribution in [2.45, 2.75) is 78.0 Å². The molecule has 1 aliphatic rings. The molecule has 1 amide bonds. The SMILES string of the molecule is Cn1c(CNC(=O)OC(C)(C)C)cc2cc(B3OC(C)(C)C(C)(C)O3)cc(C(F)(F)F)c21. The third kappa shape index (κ3) is 4.76. The van der Waals surface area contributed by atoms with E-state index in [9.17, 15) is 18.0 Å². The predicted molar refractivity (Wildman–Crippen MR) is 117 cm³/mol. The van der Waals surface area contributed by atoms with E-state index in [0.717, 1.165) is 6.07 Å². The first-order valence-corrected chi connectivity index (χ1v) is 10.4. The summed E-state index contributed by atoms with van der Waals surface area (Å²) in [4.78, 5) is 12.0. The van der Waals surface area contributed by atoms with Gasteiger partial charge in [0.15, 0.2) is 0 Å². The molecule has 0 radical (unpaired) electrons. The van der Waals surface area contributed by atoms with Crippen LogP contribution in [0.2, 0.25) is 0 Å². The normalized spacial score (nSPS) is 18.3. The Labute approximate surface area is 186 Å². The number of aromatic nitrogens is 1. The zero-order chi connectivity index (χ0) is 24.3. The topological polar surface area (TPSA) is 61.7 Å². The van der Waals surface area contributed by atoms with Crippen molar-refractivity contribution in [3.05, 3.63) is 29.5 Å². The Balaban J connectivity index is 2.00. The van der Waals surface area contributed by atoms with Crippen LogP contribution in [0.4, 0.5) is 18.0 Å². The zero-order valence-corrected chi connectivity index (χ0v) is 19.7. The Bertz CT molecular complexity index is 1020. The lowest BCUT2D eigenvalue weighted by Crippen LogP contribution is -2.41. The number of ether oxygens (including phenoxy) is 1. The number of nitrogens with one attached hydrogen (secondary N) is 1. The van der Waals surface area contributed by atoms with Crippen molar-refractivity contribution in [2.75, 3.05) is 0 Å².